The Morgan fingerprint density at radius 1 is 1.30 bits per heavy atom. The van der Waals surface area contributed by atoms with E-state index in [1.54, 1.807) is 13.8 Å². The molecule has 23 heavy (non-hydrogen) atoms. The van der Waals surface area contributed by atoms with Gasteiger partial charge >= 0.3 is 0 Å². The summed E-state index contributed by atoms with van der Waals surface area (Å²) in [6.45, 7) is 5.40. The first kappa shape index (κ1) is 18.0. The van der Waals surface area contributed by atoms with Gasteiger partial charge < -0.3 is 9.84 Å². The van der Waals surface area contributed by atoms with E-state index in [0.717, 1.165) is 12.8 Å². The molecule has 2 rings (SSSR count). The molecule has 0 aromatic carbocycles. The van der Waals surface area contributed by atoms with Crippen molar-refractivity contribution in [3.05, 3.63) is 17.0 Å². The maximum atomic E-state index is 12.5. The molecule has 1 aromatic rings. The summed E-state index contributed by atoms with van der Waals surface area (Å²) < 4.78 is 29.9. The highest BCUT2D eigenvalue weighted by atomic mass is 32.2. The average molecular weight is 342 g/mol. The molecule has 1 aromatic heterocycles. The van der Waals surface area contributed by atoms with Crippen LogP contribution in [0.15, 0.2) is 4.52 Å². The topological polar surface area (TPSA) is 89.3 Å². The molecule has 0 aliphatic heterocycles. The number of hydrogen-bond acceptors (Lipinski definition) is 5. The number of sulfone groups is 1. The molecule has 1 aliphatic carbocycles. The first-order valence-electron chi connectivity index (χ1n) is 8.22. The molecule has 1 atom stereocenters. The predicted molar refractivity (Wildman–Crippen MR) is 87.6 cm³/mol. The maximum Gasteiger partial charge on any atom is 0.238 e. The highest BCUT2D eigenvalue weighted by Gasteiger charge is 2.30. The summed E-state index contributed by atoms with van der Waals surface area (Å²) in [5.74, 6) is 0.333. The molecule has 130 valence electrons. The molecule has 1 amide bonds. The van der Waals surface area contributed by atoms with Crippen molar-refractivity contribution >= 4 is 15.7 Å². The van der Waals surface area contributed by atoms with Gasteiger partial charge in [0.2, 0.25) is 5.91 Å². The fraction of sp³-hybridized carbons (Fsp3) is 0.750. The molecule has 1 saturated carbocycles. The molecule has 1 aliphatic rings. The van der Waals surface area contributed by atoms with Gasteiger partial charge in [-0.1, -0.05) is 24.4 Å². The first-order chi connectivity index (χ1) is 10.8. The van der Waals surface area contributed by atoms with Gasteiger partial charge in [-0.15, -0.1) is 0 Å². The fourth-order valence-corrected chi connectivity index (χ4v) is 4.45. The minimum absolute atomic E-state index is 0.216. The Bertz CT molecular complexity index is 626. The molecule has 0 radical (unpaired) electrons. The number of rotatable bonds is 6. The largest absolute Gasteiger partial charge is 0.361 e. The molecule has 1 heterocycles. The third kappa shape index (κ3) is 4.56. The van der Waals surface area contributed by atoms with Gasteiger partial charge in [0.15, 0.2) is 9.84 Å². The zero-order valence-corrected chi connectivity index (χ0v) is 14.9. The van der Waals surface area contributed by atoms with E-state index in [2.05, 4.69) is 10.5 Å². The SMILES string of the molecule is Cc1noc(C)c1CS(=O)(=O)[C@@H](C)C(=O)NCC1CCCCC1. The van der Waals surface area contributed by atoms with Crippen LogP contribution in [0, 0.1) is 19.8 Å². The molecule has 1 N–H and O–H groups in total. The van der Waals surface area contributed by atoms with E-state index in [4.69, 9.17) is 4.52 Å². The number of nitrogens with zero attached hydrogens (tertiary/aromatic N) is 1. The minimum atomic E-state index is -3.59. The Morgan fingerprint density at radius 2 is 1.96 bits per heavy atom. The van der Waals surface area contributed by atoms with E-state index in [1.165, 1.54) is 26.2 Å². The van der Waals surface area contributed by atoms with Gasteiger partial charge in [0.1, 0.15) is 11.0 Å². The van der Waals surface area contributed by atoms with Crippen molar-refractivity contribution < 1.29 is 17.7 Å². The van der Waals surface area contributed by atoms with Crippen molar-refractivity contribution in [2.45, 2.75) is 63.9 Å². The summed E-state index contributed by atoms with van der Waals surface area (Å²) in [5.41, 5.74) is 1.11. The van der Waals surface area contributed by atoms with Gasteiger partial charge in [0.25, 0.3) is 0 Å². The van der Waals surface area contributed by atoms with Crippen molar-refractivity contribution in [2.75, 3.05) is 6.54 Å². The Morgan fingerprint density at radius 3 is 2.52 bits per heavy atom. The highest BCUT2D eigenvalue weighted by Crippen LogP contribution is 2.23. The number of nitrogens with one attached hydrogen (secondary N) is 1. The molecule has 0 bridgehead atoms. The Hall–Kier alpha value is -1.37. The second-order valence-corrected chi connectivity index (χ2v) is 8.82. The zero-order valence-electron chi connectivity index (χ0n) is 14.1. The van der Waals surface area contributed by atoms with Gasteiger partial charge in [-0.05, 0) is 39.5 Å². The van der Waals surface area contributed by atoms with E-state index in [1.807, 2.05) is 0 Å². The third-order valence-electron chi connectivity index (χ3n) is 4.72. The third-order valence-corrected chi connectivity index (χ3v) is 6.71. The summed E-state index contributed by atoms with van der Waals surface area (Å²) in [6, 6.07) is 0. The molecule has 7 heteroatoms. The zero-order chi connectivity index (χ0) is 17.0. The second-order valence-electron chi connectivity index (χ2n) is 6.50. The van der Waals surface area contributed by atoms with Crippen LogP contribution in [0.1, 0.15) is 56.0 Å². The van der Waals surface area contributed by atoms with Crippen LogP contribution < -0.4 is 5.32 Å². The Balaban J connectivity index is 1.94. The Labute approximate surface area is 137 Å². The molecule has 0 spiro atoms. The summed E-state index contributed by atoms with van der Waals surface area (Å²) in [7, 11) is -3.59. The highest BCUT2D eigenvalue weighted by molar-refractivity contribution is 7.92. The van der Waals surface area contributed by atoms with Crippen LogP contribution >= 0.6 is 0 Å². The van der Waals surface area contributed by atoms with E-state index in [9.17, 15) is 13.2 Å². The van der Waals surface area contributed by atoms with E-state index in [-0.39, 0.29) is 5.75 Å². The quantitative estimate of drug-likeness (QED) is 0.857. The van der Waals surface area contributed by atoms with Crippen LogP contribution in [0.4, 0.5) is 0 Å². The van der Waals surface area contributed by atoms with E-state index in [0.29, 0.717) is 29.5 Å². The monoisotopic (exact) mass is 342 g/mol. The Kier molecular flexibility index (Phi) is 5.84. The number of amides is 1. The lowest BCUT2D eigenvalue weighted by molar-refractivity contribution is -0.120. The standard InChI is InChI=1S/C16H26N2O4S/c1-11-15(12(2)22-18-11)10-23(20,21)13(3)16(19)17-9-14-7-5-4-6-8-14/h13-14H,4-10H2,1-3H3,(H,17,19)/t13-/m0/s1. The summed E-state index contributed by atoms with van der Waals surface area (Å²) in [5, 5.41) is 5.50. The maximum absolute atomic E-state index is 12.5. The average Bonchev–Trinajstić information content (AvgIpc) is 2.84. The van der Waals surface area contributed by atoms with Crippen molar-refractivity contribution in [1.82, 2.24) is 10.5 Å². The number of carbonyl (C=O) groups excluding carboxylic acids is 1. The van der Waals surface area contributed by atoms with Gasteiger partial charge in [-0.3, -0.25) is 4.79 Å². The molecule has 6 nitrogen and oxygen atoms in total. The molecular formula is C16H26N2O4S. The second kappa shape index (κ2) is 7.47. The lowest BCUT2D eigenvalue weighted by Gasteiger charge is -2.22. The summed E-state index contributed by atoms with van der Waals surface area (Å²) >= 11 is 0. The number of aromatic nitrogens is 1. The van der Waals surface area contributed by atoms with Crippen molar-refractivity contribution in [3.63, 3.8) is 0 Å². The lowest BCUT2D eigenvalue weighted by Crippen LogP contribution is -2.40. The smallest absolute Gasteiger partial charge is 0.238 e. The van der Waals surface area contributed by atoms with Crippen LogP contribution in [0.3, 0.4) is 0 Å². The fourth-order valence-electron chi connectivity index (χ4n) is 2.98. The number of hydrogen-bond donors (Lipinski definition) is 1. The molecular weight excluding hydrogens is 316 g/mol. The van der Waals surface area contributed by atoms with Crippen LogP contribution in [-0.2, 0) is 20.4 Å². The van der Waals surface area contributed by atoms with Crippen molar-refractivity contribution in [3.8, 4) is 0 Å². The molecule has 0 unspecified atom stereocenters. The van der Waals surface area contributed by atoms with Gasteiger partial charge in [0, 0.05) is 12.1 Å². The lowest BCUT2D eigenvalue weighted by atomic mass is 9.89. The predicted octanol–water partition coefficient (Wildman–Crippen LogP) is 2.29. The van der Waals surface area contributed by atoms with Gasteiger partial charge in [-0.2, -0.15) is 0 Å². The van der Waals surface area contributed by atoms with E-state index < -0.39 is 21.0 Å². The normalized spacial score (nSPS) is 17.9. The van der Waals surface area contributed by atoms with Gasteiger partial charge in [-0.25, -0.2) is 8.42 Å². The van der Waals surface area contributed by atoms with Crippen LogP contribution in [0.25, 0.3) is 0 Å². The van der Waals surface area contributed by atoms with Crippen LogP contribution in [0.2, 0.25) is 0 Å². The number of carbonyl (C=O) groups is 1. The van der Waals surface area contributed by atoms with Gasteiger partial charge in [0.05, 0.1) is 11.4 Å². The summed E-state index contributed by atoms with van der Waals surface area (Å²) in [4.78, 5) is 12.2. The molecule has 0 saturated heterocycles. The minimum Gasteiger partial charge on any atom is -0.361 e. The van der Waals surface area contributed by atoms with E-state index >= 15 is 0 Å². The number of aryl methyl sites for hydroxylation is 2. The van der Waals surface area contributed by atoms with Crippen molar-refractivity contribution in [2.24, 2.45) is 5.92 Å². The summed E-state index contributed by atoms with van der Waals surface area (Å²) in [6.07, 6.45) is 5.87. The van der Waals surface area contributed by atoms with Crippen LogP contribution in [0.5, 0.6) is 0 Å². The molecule has 1 fully saturated rings. The van der Waals surface area contributed by atoms with Crippen LogP contribution in [-0.4, -0.2) is 31.3 Å². The van der Waals surface area contributed by atoms with Crippen molar-refractivity contribution in [1.29, 1.82) is 0 Å². The first-order valence-corrected chi connectivity index (χ1v) is 9.94.